The lowest BCUT2D eigenvalue weighted by Crippen LogP contribution is -2.42. The van der Waals surface area contributed by atoms with Crippen LogP contribution in [0.5, 0.6) is 5.75 Å². The van der Waals surface area contributed by atoms with Crippen molar-refractivity contribution in [1.29, 1.82) is 0 Å². The first-order valence-corrected chi connectivity index (χ1v) is 9.87. The van der Waals surface area contributed by atoms with Gasteiger partial charge in [0.1, 0.15) is 5.75 Å². The Labute approximate surface area is 187 Å². The number of nitrogens with one attached hydrogen (secondary N) is 2. The van der Waals surface area contributed by atoms with Crippen molar-refractivity contribution >= 4 is 23.2 Å². The molecule has 0 saturated carbocycles. The Hall–Kier alpha value is -4.14. The van der Waals surface area contributed by atoms with E-state index in [0.29, 0.717) is 22.6 Å². The number of anilines is 1. The number of carbonyl (C=O) groups is 2. The Balaban J connectivity index is 1.70. The number of para-hydroxylation sites is 1. The second-order valence-electron chi connectivity index (χ2n) is 7.19. The van der Waals surface area contributed by atoms with Crippen LogP contribution in [0.15, 0.2) is 77.8 Å². The largest absolute Gasteiger partial charge is 0.497 e. The fourth-order valence-electron chi connectivity index (χ4n) is 3.35. The molecule has 0 bridgehead atoms. The number of amides is 2. The van der Waals surface area contributed by atoms with Crippen LogP contribution in [-0.4, -0.2) is 30.8 Å². The maximum Gasteiger partial charge on any atom is 0.416 e. The summed E-state index contributed by atoms with van der Waals surface area (Å²) < 4.78 is 44.0. The van der Waals surface area contributed by atoms with Crippen molar-refractivity contribution in [2.24, 2.45) is 4.99 Å². The van der Waals surface area contributed by atoms with Crippen molar-refractivity contribution in [3.63, 3.8) is 0 Å². The number of ether oxygens (including phenoxy) is 1. The van der Waals surface area contributed by atoms with E-state index in [9.17, 15) is 22.8 Å². The molecule has 1 aliphatic heterocycles. The van der Waals surface area contributed by atoms with Crippen LogP contribution in [0.4, 0.5) is 18.9 Å². The van der Waals surface area contributed by atoms with E-state index < -0.39 is 29.7 Å². The molecule has 0 aliphatic carbocycles. The minimum absolute atomic E-state index is 0.276. The fourth-order valence-corrected chi connectivity index (χ4v) is 3.35. The van der Waals surface area contributed by atoms with Gasteiger partial charge in [0.25, 0.3) is 11.8 Å². The van der Waals surface area contributed by atoms with Crippen molar-refractivity contribution < 1.29 is 27.5 Å². The maximum atomic E-state index is 13.0. The summed E-state index contributed by atoms with van der Waals surface area (Å²) in [6, 6.07) is 17.5. The summed E-state index contributed by atoms with van der Waals surface area (Å²) in [6.45, 7) is 0. The van der Waals surface area contributed by atoms with E-state index in [2.05, 4.69) is 15.6 Å². The van der Waals surface area contributed by atoms with Gasteiger partial charge in [0.15, 0.2) is 0 Å². The number of hydrogen-bond donors (Lipinski definition) is 2. The van der Waals surface area contributed by atoms with Gasteiger partial charge in [-0.25, -0.2) is 4.99 Å². The third-order valence-electron chi connectivity index (χ3n) is 5.05. The van der Waals surface area contributed by atoms with Crippen molar-refractivity contribution in [3.8, 4) is 5.75 Å². The van der Waals surface area contributed by atoms with Gasteiger partial charge >= 0.3 is 6.18 Å². The van der Waals surface area contributed by atoms with Gasteiger partial charge in [0.2, 0.25) is 6.17 Å². The molecule has 9 heteroatoms. The molecule has 168 valence electrons. The van der Waals surface area contributed by atoms with Crippen molar-refractivity contribution in [1.82, 2.24) is 5.32 Å². The molecule has 0 saturated heterocycles. The number of fused-ring (bicyclic) bond motifs is 1. The molecule has 0 spiro atoms. The summed E-state index contributed by atoms with van der Waals surface area (Å²) in [4.78, 5) is 29.9. The molecular weight excluding hydrogens is 435 g/mol. The highest BCUT2D eigenvalue weighted by Crippen LogP contribution is 2.30. The summed E-state index contributed by atoms with van der Waals surface area (Å²) in [7, 11) is 1.50. The van der Waals surface area contributed by atoms with Crippen molar-refractivity contribution in [3.05, 3.63) is 95.1 Å². The van der Waals surface area contributed by atoms with E-state index in [-0.39, 0.29) is 11.3 Å². The van der Waals surface area contributed by atoms with E-state index in [1.807, 2.05) is 0 Å². The minimum atomic E-state index is -4.48. The molecule has 3 aromatic carbocycles. The first-order valence-electron chi connectivity index (χ1n) is 9.87. The lowest BCUT2D eigenvalue weighted by molar-refractivity contribution is -0.137. The number of halogens is 3. The summed E-state index contributed by atoms with van der Waals surface area (Å²) in [5.41, 5.74) is 1.09. The normalized spacial score (nSPS) is 15.6. The highest BCUT2D eigenvalue weighted by molar-refractivity contribution is 6.20. The van der Waals surface area contributed by atoms with Crippen LogP contribution in [0.1, 0.15) is 27.0 Å². The van der Waals surface area contributed by atoms with Crippen LogP contribution in [0.25, 0.3) is 0 Å². The zero-order valence-corrected chi connectivity index (χ0v) is 17.3. The zero-order chi connectivity index (χ0) is 23.6. The van der Waals surface area contributed by atoms with Crippen LogP contribution in [0.3, 0.4) is 0 Å². The van der Waals surface area contributed by atoms with Crippen LogP contribution >= 0.6 is 0 Å². The number of methoxy groups -OCH3 is 1. The maximum absolute atomic E-state index is 13.0. The SMILES string of the molecule is COc1ccc(C(=O)NC2N=C(c3ccc(C(F)(F)F)cc3)c3ccccc3NC2=O)cc1. The van der Waals surface area contributed by atoms with Crippen molar-refractivity contribution in [2.45, 2.75) is 12.3 Å². The monoisotopic (exact) mass is 453 g/mol. The lowest BCUT2D eigenvalue weighted by atomic mass is 9.99. The minimum Gasteiger partial charge on any atom is -0.497 e. The van der Waals surface area contributed by atoms with Crippen molar-refractivity contribution in [2.75, 3.05) is 12.4 Å². The van der Waals surface area contributed by atoms with Gasteiger partial charge in [0, 0.05) is 16.7 Å². The van der Waals surface area contributed by atoms with Gasteiger partial charge in [0.05, 0.1) is 24.1 Å². The molecule has 1 atom stereocenters. The van der Waals surface area contributed by atoms with Crippen LogP contribution < -0.4 is 15.4 Å². The first-order chi connectivity index (χ1) is 15.8. The molecular formula is C24H18F3N3O3. The second-order valence-corrected chi connectivity index (χ2v) is 7.19. The summed E-state index contributed by atoms with van der Waals surface area (Å²) >= 11 is 0. The standard InChI is InChI=1S/C24H18F3N3O3/c1-33-17-12-8-15(9-13-17)22(31)30-21-23(32)28-19-5-3-2-4-18(19)20(29-21)14-6-10-16(11-7-14)24(25,26)27/h2-13,21H,1H3,(H,28,32)(H,30,31). The molecule has 0 fully saturated rings. The Bertz CT molecular complexity index is 1220. The first kappa shape index (κ1) is 22.1. The third kappa shape index (κ3) is 4.72. The van der Waals surface area contributed by atoms with Gasteiger partial charge in [-0.3, -0.25) is 9.59 Å². The Kier molecular flexibility index (Phi) is 5.87. The Morgan fingerprint density at radius 1 is 1.00 bits per heavy atom. The highest BCUT2D eigenvalue weighted by atomic mass is 19.4. The molecule has 1 unspecified atom stereocenters. The highest BCUT2D eigenvalue weighted by Gasteiger charge is 2.31. The number of hydrogen-bond acceptors (Lipinski definition) is 4. The summed E-state index contributed by atoms with van der Waals surface area (Å²) in [5, 5.41) is 5.29. The number of rotatable bonds is 4. The number of aliphatic imine (C=N–C) groups is 1. The van der Waals surface area contributed by atoms with E-state index in [4.69, 9.17) is 4.74 Å². The predicted octanol–water partition coefficient (Wildman–Crippen LogP) is 4.26. The van der Waals surface area contributed by atoms with E-state index in [0.717, 1.165) is 12.1 Å². The van der Waals surface area contributed by atoms with E-state index >= 15 is 0 Å². The van der Waals surface area contributed by atoms with Crippen LogP contribution in [0, 0.1) is 0 Å². The van der Waals surface area contributed by atoms with Gasteiger partial charge in [-0.1, -0.05) is 30.3 Å². The Morgan fingerprint density at radius 3 is 2.30 bits per heavy atom. The number of benzene rings is 3. The molecule has 1 heterocycles. The number of carbonyl (C=O) groups excluding carboxylic acids is 2. The van der Waals surface area contributed by atoms with Gasteiger partial charge in [-0.15, -0.1) is 0 Å². The molecule has 3 aromatic rings. The fraction of sp³-hybridized carbons (Fsp3) is 0.125. The average Bonchev–Trinajstić information content (AvgIpc) is 2.95. The summed E-state index contributed by atoms with van der Waals surface area (Å²) in [6.07, 6.45) is -5.78. The van der Waals surface area contributed by atoms with Gasteiger partial charge in [-0.05, 0) is 42.5 Å². The molecule has 33 heavy (non-hydrogen) atoms. The number of nitrogens with zero attached hydrogens (tertiary/aromatic N) is 1. The average molecular weight is 453 g/mol. The molecule has 2 N–H and O–H groups in total. The van der Waals surface area contributed by atoms with E-state index in [1.165, 1.54) is 31.4 Å². The summed E-state index contributed by atoms with van der Waals surface area (Å²) in [5.74, 6) is -0.553. The lowest BCUT2D eigenvalue weighted by Gasteiger charge is -2.14. The Morgan fingerprint density at radius 2 is 1.67 bits per heavy atom. The molecule has 0 radical (unpaired) electrons. The second kappa shape index (κ2) is 8.78. The van der Waals surface area contributed by atoms with Crippen LogP contribution in [-0.2, 0) is 11.0 Å². The third-order valence-corrected chi connectivity index (χ3v) is 5.05. The predicted molar refractivity (Wildman–Crippen MR) is 116 cm³/mol. The molecule has 0 aromatic heterocycles. The number of benzodiazepines with no additional fused rings is 1. The van der Waals surface area contributed by atoms with Gasteiger partial charge < -0.3 is 15.4 Å². The topological polar surface area (TPSA) is 79.8 Å². The molecule has 1 aliphatic rings. The smallest absolute Gasteiger partial charge is 0.416 e. The zero-order valence-electron chi connectivity index (χ0n) is 17.3. The molecule has 2 amide bonds. The van der Waals surface area contributed by atoms with E-state index in [1.54, 1.807) is 36.4 Å². The molecule has 6 nitrogen and oxygen atoms in total. The molecule has 4 rings (SSSR count). The van der Waals surface area contributed by atoms with Crippen LogP contribution in [0.2, 0.25) is 0 Å². The van der Waals surface area contributed by atoms with Gasteiger partial charge in [-0.2, -0.15) is 13.2 Å². The number of alkyl halides is 3. The quantitative estimate of drug-likeness (QED) is 0.620.